The fraction of sp³-hybridized carbons (Fsp3) is 0.263. The monoisotopic (exact) mass is 320 g/mol. The van der Waals surface area contributed by atoms with E-state index in [9.17, 15) is 4.79 Å². The van der Waals surface area contributed by atoms with Crippen molar-refractivity contribution in [3.63, 3.8) is 0 Å². The highest BCUT2D eigenvalue weighted by atomic mass is 16.1. The van der Waals surface area contributed by atoms with Crippen molar-refractivity contribution in [1.82, 2.24) is 4.98 Å². The minimum atomic E-state index is 0.0257. The number of carbonyl (C=O) groups is 1. The van der Waals surface area contributed by atoms with Crippen LogP contribution in [0, 0.1) is 6.92 Å². The number of Topliss-reactive ketones (excluding diaryl/α,β-unsaturated/α-hetero) is 1. The fourth-order valence-corrected chi connectivity index (χ4v) is 2.89. The summed E-state index contributed by atoms with van der Waals surface area (Å²) in [7, 11) is 0. The lowest BCUT2D eigenvalue weighted by Crippen LogP contribution is -2.22. The van der Waals surface area contributed by atoms with Gasteiger partial charge in [0, 0.05) is 29.6 Å². The van der Waals surface area contributed by atoms with Crippen molar-refractivity contribution in [2.45, 2.75) is 20.8 Å². The maximum absolute atomic E-state index is 12.0. The molecule has 2 aromatic rings. The average Bonchev–Trinajstić information content (AvgIpc) is 3.09. The minimum Gasteiger partial charge on any atom is -0.315 e. The van der Waals surface area contributed by atoms with Crippen LogP contribution in [0.15, 0.2) is 46.5 Å². The molecule has 0 fully saturated rings. The first-order chi connectivity index (χ1) is 11.6. The van der Waals surface area contributed by atoms with Crippen LogP contribution in [0.5, 0.6) is 0 Å². The molecule has 0 amide bonds. The number of hydrogen-bond acceptors (Lipinski definition) is 5. The topological polar surface area (TPSA) is 57.9 Å². The number of anilines is 1. The summed E-state index contributed by atoms with van der Waals surface area (Å²) in [6.45, 7) is 7.05. The lowest BCUT2D eigenvalue weighted by molar-refractivity contribution is 0.101. The summed E-state index contributed by atoms with van der Waals surface area (Å²) in [5, 5.41) is 0. The Balaban J connectivity index is 2.06. The summed E-state index contributed by atoms with van der Waals surface area (Å²) >= 11 is 0. The van der Waals surface area contributed by atoms with Crippen LogP contribution in [-0.2, 0) is 0 Å². The Labute approximate surface area is 141 Å². The zero-order valence-electron chi connectivity index (χ0n) is 14.2. The van der Waals surface area contributed by atoms with Gasteiger partial charge in [-0.1, -0.05) is 12.1 Å². The van der Waals surface area contributed by atoms with Crippen molar-refractivity contribution in [2.75, 3.05) is 18.0 Å². The number of benzene rings is 1. The molecule has 1 aromatic heterocycles. The third kappa shape index (κ3) is 3.11. The summed E-state index contributed by atoms with van der Waals surface area (Å²) in [6, 6.07) is 9.62. The van der Waals surface area contributed by atoms with E-state index in [1.165, 1.54) is 0 Å². The molecule has 1 aromatic carbocycles. The van der Waals surface area contributed by atoms with Gasteiger partial charge in [-0.25, -0.2) is 4.98 Å². The van der Waals surface area contributed by atoms with Crippen molar-refractivity contribution >= 4 is 29.3 Å². The first kappa shape index (κ1) is 16.1. The second kappa shape index (κ2) is 6.74. The van der Waals surface area contributed by atoms with E-state index in [4.69, 9.17) is 4.99 Å². The summed E-state index contributed by atoms with van der Waals surface area (Å²) in [4.78, 5) is 27.5. The van der Waals surface area contributed by atoms with Gasteiger partial charge in [0.25, 0.3) is 0 Å². The molecule has 0 saturated carbocycles. The molecule has 5 nitrogen and oxygen atoms in total. The molecule has 0 N–H and O–H groups in total. The lowest BCUT2D eigenvalue weighted by atomic mass is 10.0. The molecule has 0 saturated heterocycles. The normalized spacial score (nSPS) is 14.3. The van der Waals surface area contributed by atoms with E-state index < -0.39 is 0 Å². The Morgan fingerprint density at radius 1 is 1.21 bits per heavy atom. The van der Waals surface area contributed by atoms with Crippen LogP contribution in [0.4, 0.5) is 11.5 Å². The molecule has 0 bridgehead atoms. The number of ketones is 1. The van der Waals surface area contributed by atoms with Crippen molar-refractivity contribution in [3.8, 4) is 0 Å². The van der Waals surface area contributed by atoms with E-state index >= 15 is 0 Å². The highest BCUT2D eigenvalue weighted by Gasteiger charge is 2.16. The van der Waals surface area contributed by atoms with Gasteiger partial charge < -0.3 is 4.90 Å². The molecular formula is C19H20N4O. The number of hydrogen-bond donors (Lipinski definition) is 0. The van der Waals surface area contributed by atoms with Crippen molar-refractivity contribution < 1.29 is 4.79 Å². The number of carbonyl (C=O) groups excluding carboxylic acids is 1. The predicted octanol–water partition coefficient (Wildman–Crippen LogP) is 3.58. The summed E-state index contributed by atoms with van der Waals surface area (Å²) < 4.78 is 0. The van der Waals surface area contributed by atoms with Gasteiger partial charge in [0.05, 0.1) is 18.6 Å². The third-order valence-corrected chi connectivity index (χ3v) is 4.03. The molecule has 1 aliphatic rings. The van der Waals surface area contributed by atoms with E-state index in [0.717, 1.165) is 35.7 Å². The van der Waals surface area contributed by atoms with Gasteiger partial charge in [-0.2, -0.15) is 0 Å². The molecule has 0 atom stereocenters. The molecule has 24 heavy (non-hydrogen) atoms. The van der Waals surface area contributed by atoms with Crippen LogP contribution < -0.4 is 4.90 Å². The standard InChI is InChI=1S/C19H20N4O/c1-13-6-4-8-17(18(13)15(3)24)22-14(2)16-7-5-9-21-19(16)23-11-10-20-12-23/h4-9,12H,10-11H2,1-3H3. The molecule has 2 heterocycles. The number of aliphatic imine (C=N–C) groups is 2. The van der Waals surface area contributed by atoms with Gasteiger partial charge in [0.2, 0.25) is 0 Å². The average molecular weight is 320 g/mol. The Kier molecular flexibility index (Phi) is 4.51. The van der Waals surface area contributed by atoms with Crippen LogP contribution in [0.2, 0.25) is 0 Å². The molecule has 0 aliphatic carbocycles. The second-order valence-electron chi connectivity index (χ2n) is 5.81. The van der Waals surface area contributed by atoms with E-state index in [2.05, 4.69) is 9.98 Å². The maximum Gasteiger partial charge on any atom is 0.162 e. The van der Waals surface area contributed by atoms with Crippen molar-refractivity contribution in [2.24, 2.45) is 9.98 Å². The Morgan fingerprint density at radius 2 is 2.04 bits per heavy atom. The Morgan fingerprint density at radius 3 is 2.75 bits per heavy atom. The first-order valence-electron chi connectivity index (χ1n) is 7.95. The SMILES string of the molecule is CC(=O)c1c(C)cccc1N=C(C)c1cccnc1N1C=NCC1. The fourth-order valence-electron chi connectivity index (χ4n) is 2.89. The van der Waals surface area contributed by atoms with Crippen LogP contribution in [0.1, 0.15) is 35.3 Å². The van der Waals surface area contributed by atoms with Crippen LogP contribution >= 0.6 is 0 Å². The van der Waals surface area contributed by atoms with Crippen molar-refractivity contribution in [3.05, 3.63) is 53.2 Å². The van der Waals surface area contributed by atoms with Gasteiger partial charge in [-0.3, -0.25) is 14.8 Å². The molecule has 5 heteroatoms. The largest absolute Gasteiger partial charge is 0.315 e. The van der Waals surface area contributed by atoms with Gasteiger partial charge in [-0.05, 0) is 44.5 Å². The molecule has 3 rings (SSSR count). The van der Waals surface area contributed by atoms with Gasteiger partial charge in [-0.15, -0.1) is 0 Å². The van der Waals surface area contributed by atoms with E-state index in [1.54, 1.807) is 13.1 Å². The van der Waals surface area contributed by atoms with Gasteiger partial charge in [0.1, 0.15) is 5.82 Å². The number of pyridine rings is 1. The first-order valence-corrected chi connectivity index (χ1v) is 7.95. The highest BCUT2D eigenvalue weighted by Crippen LogP contribution is 2.26. The van der Waals surface area contributed by atoms with Crippen LogP contribution in [-0.4, -0.2) is 35.9 Å². The third-order valence-electron chi connectivity index (χ3n) is 4.03. The predicted molar refractivity (Wildman–Crippen MR) is 98.0 cm³/mol. The number of rotatable bonds is 4. The zero-order chi connectivity index (χ0) is 17.1. The molecule has 1 aliphatic heterocycles. The summed E-state index contributed by atoms with van der Waals surface area (Å²) in [5.74, 6) is 0.870. The lowest BCUT2D eigenvalue weighted by Gasteiger charge is -2.17. The molecule has 122 valence electrons. The Hall–Kier alpha value is -2.82. The van der Waals surface area contributed by atoms with Gasteiger partial charge in [0.15, 0.2) is 5.78 Å². The molecule has 0 unspecified atom stereocenters. The maximum atomic E-state index is 12.0. The number of aromatic nitrogens is 1. The van der Waals surface area contributed by atoms with Crippen LogP contribution in [0.25, 0.3) is 0 Å². The number of nitrogens with zero attached hydrogens (tertiary/aromatic N) is 4. The van der Waals surface area contributed by atoms with E-state index in [0.29, 0.717) is 11.3 Å². The molecule has 0 spiro atoms. The van der Waals surface area contributed by atoms with Crippen LogP contribution in [0.3, 0.4) is 0 Å². The van der Waals surface area contributed by atoms with Crippen molar-refractivity contribution in [1.29, 1.82) is 0 Å². The molecular weight excluding hydrogens is 300 g/mol. The quantitative estimate of drug-likeness (QED) is 0.639. The number of aryl methyl sites for hydroxylation is 1. The summed E-state index contributed by atoms with van der Waals surface area (Å²) in [6.07, 6.45) is 3.58. The Bertz CT molecular complexity index is 839. The minimum absolute atomic E-state index is 0.0257. The van der Waals surface area contributed by atoms with E-state index in [1.807, 2.05) is 55.4 Å². The summed E-state index contributed by atoms with van der Waals surface area (Å²) in [5.41, 5.74) is 4.08. The second-order valence-corrected chi connectivity index (χ2v) is 5.81. The highest BCUT2D eigenvalue weighted by molar-refractivity contribution is 6.08. The van der Waals surface area contributed by atoms with E-state index in [-0.39, 0.29) is 5.78 Å². The molecule has 0 radical (unpaired) electrons. The zero-order valence-corrected chi connectivity index (χ0v) is 14.2. The smallest absolute Gasteiger partial charge is 0.162 e. The van der Waals surface area contributed by atoms with Gasteiger partial charge >= 0.3 is 0 Å².